The lowest BCUT2D eigenvalue weighted by Gasteiger charge is -2.26. The first kappa shape index (κ1) is 12.5. The van der Waals surface area contributed by atoms with Gasteiger partial charge in [0.2, 0.25) is 5.91 Å². The number of furan rings is 1. The van der Waals surface area contributed by atoms with E-state index in [-0.39, 0.29) is 5.91 Å². The normalized spacial score (nSPS) is 18.9. The maximum absolute atomic E-state index is 12.2. The van der Waals surface area contributed by atoms with E-state index in [1.54, 1.807) is 24.5 Å². The third kappa shape index (κ3) is 2.47. The molecule has 1 aromatic heterocycles. The van der Waals surface area contributed by atoms with Gasteiger partial charge in [0.25, 0.3) is 0 Å². The number of urea groups is 1. The molecule has 3 amide bonds. The van der Waals surface area contributed by atoms with Crippen LogP contribution in [0.1, 0.15) is 18.4 Å². The van der Waals surface area contributed by atoms with Gasteiger partial charge in [0.1, 0.15) is 6.04 Å². The molecule has 1 aromatic rings. The number of nitrogens with two attached hydrogens (primary N) is 1. The van der Waals surface area contributed by atoms with Crippen LogP contribution in [0.2, 0.25) is 0 Å². The van der Waals surface area contributed by atoms with Gasteiger partial charge in [-0.3, -0.25) is 4.79 Å². The van der Waals surface area contributed by atoms with Crippen LogP contribution in [-0.2, 0) is 11.3 Å². The van der Waals surface area contributed by atoms with Crippen molar-refractivity contribution in [3.63, 3.8) is 0 Å². The van der Waals surface area contributed by atoms with E-state index in [4.69, 9.17) is 10.2 Å². The number of rotatable bonds is 3. The number of nitrogens with zero attached hydrogens (tertiary/aromatic N) is 2. The number of hydrogen-bond acceptors (Lipinski definition) is 3. The second kappa shape index (κ2) is 5.12. The Morgan fingerprint density at radius 2 is 2.39 bits per heavy atom. The summed E-state index contributed by atoms with van der Waals surface area (Å²) in [7, 11) is 1.72. The Labute approximate surface area is 105 Å². The second-order valence-electron chi connectivity index (χ2n) is 4.52. The molecule has 0 bridgehead atoms. The SMILES string of the molecule is CN(Cc1ccoc1)C(=O)[C@@H]1CCCN1C(N)=O. The summed E-state index contributed by atoms with van der Waals surface area (Å²) in [4.78, 5) is 26.5. The molecule has 0 aliphatic carbocycles. The minimum atomic E-state index is -0.525. The zero-order valence-electron chi connectivity index (χ0n) is 10.3. The quantitative estimate of drug-likeness (QED) is 0.862. The average molecular weight is 251 g/mol. The lowest BCUT2D eigenvalue weighted by Crippen LogP contribution is -2.48. The molecule has 18 heavy (non-hydrogen) atoms. The number of carbonyl (C=O) groups is 2. The highest BCUT2D eigenvalue weighted by Crippen LogP contribution is 2.19. The van der Waals surface area contributed by atoms with Gasteiger partial charge in [-0.1, -0.05) is 0 Å². The first-order valence-electron chi connectivity index (χ1n) is 5.91. The lowest BCUT2D eigenvalue weighted by molar-refractivity contribution is -0.134. The molecule has 1 fully saturated rings. The van der Waals surface area contributed by atoms with Gasteiger partial charge < -0.3 is 20.0 Å². The third-order valence-corrected chi connectivity index (χ3v) is 3.20. The summed E-state index contributed by atoms with van der Waals surface area (Å²) in [6, 6.07) is 0.867. The summed E-state index contributed by atoms with van der Waals surface area (Å²) < 4.78 is 4.96. The molecule has 0 radical (unpaired) electrons. The van der Waals surface area contributed by atoms with Crippen LogP contribution in [0.25, 0.3) is 0 Å². The van der Waals surface area contributed by atoms with Gasteiger partial charge in [-0.05, 0) is 18.9 Å². The fraction of sp³-hybridized carbons (Fsp3) is 0.500. The van der Waals surface area contributed by atoms with Crippen LogP contribution in [0.3, 0.4) is 0 Å². The van der Waals surface area contributed by atoms with Crippen molar-refractivity contribution in [2.45, 2.75) is 25.4 Å². The largest absolute Gasteiger partial charge is 0.472 e. The van der Waals surface area contributed by atoms with Crippen molar-refractivity contribution in [3.05, 3.63) is 24.2 Å². The molecule has 6 nitrogen and oxygen atoms in total. The van der Waals surface area contributed by atoms with E-state index in [2.05, 4.69) is 0 Å². The molecular weight excluding hydrogens is 234 g/mol. The second-order valence-corrected chi connectivity index (χ2v) is 4.52. The van der Waals surface area contributed by atoms with Gasteiger partial charge in [-0.15, -0.1) is 0 Å². The molecule has 2 heterocycles. The van der Waals surface area contributed by atoms with E-state index in [0.29, 0.717) is 19.5 Å². The van der Waals surface area contributed by atoms with Gasteiger partial charge >= 0.3 is 6.03 Å². The number of amides is 3. The van der Waals surface area contributed by atoms with Crippen LogP contribution in [0.15, 0.2) is 23.0 Å². The van der Waals surface area contributed by atoms with E-state index in [9.17, 15) is 9.59 Å². The zero-order chi connectivity index (χ0) is 13.1. The monoisotopic (exact) mass is 251 g/mol. The highest BCUT2D eigenvalue weighted by Gasteiger charge is 2.34. The van der Waals surface area contributed by atoms with Gasteiger partial charge in [0, 0.05) is 25.7 Å². The number of likely N-dealkylation sites (N-methyl/N-ethyl adjacent to an activating group) is 1. The van der Waals surface area contributed by atoms with E-state index >= 15 is 0 Å². The van der Waals surface area contributed by atoms with Crippen molar-refractivity contribution < 1.29 is 14.0 Å². The minimum absolute atomic E-state index is 0.0764. The number of carbonyl (C=O) groups excluding carboxylic acids is 2. The van der Waals surface area contributed by atoms with Gasteiger partial charge in [0.15, 0.2) is 0 Å². The van der Waals surface area contributed by atoms with Crippen molar-refractivity contribution >= 4 is 11.9 Å². The smallest absolute Gasteiger partial charge is 0.315 e. The summed E-state index contributed by atoms with van der Waals surface area (Å²) in [5.41, 5.74) is 6.19. The number of hydrogen-bond donors (Lipinski definition) is 1. The van der Waals surface area contributed by atoms with Crippen LogP contribution >= 0.6 is 0 Å². The minimum Gasteiger partial charge on any atom is -0.472 e. The molecule has 0 unspecified atom stereocenters. The van der Waals surface area contributed by atoms with Gasteiger partial charge in [-0.2, -0.15) is 0 Å². The lowest BCUT2D eigenvalue weighted by atomic mass is 10.2. The molecule has 6 heteroatoms. The van der Waals surface area contributed by atoms with Crippen LogP contribution < -0.4 is 5.73 Å². The summed E-state index contributed by atoms with van der Waals surface area (Å²) >= 11 is 0. The van der Waals surface area contributed by atoms with Crippen molar-refractivity contribution in [1.82, 2.24) is 9.80 Å². The van der Waals surface area contributed by atoms with Crippen molar-refractivity contribution in [3.8, 4) is 0 Å². The third-order valence-electron chi connectivity index (χ3n) is 3.20. The van der Waals surface area contributed by atoms with Gasteiger partial charge in [0.05, 0.1) is 12.5 Å². The Morgan fingerprint density at radius 3 is 3.00 bits per heavy atom. The Balaban J connectivity index is 1.99. The molecule has 0 spiro atoms. The van der Waals surface area contributed by atoms with Crippen LogP contribution in [0, 0.1) is 0 Å². The molecule has 0 aromatic carbocycles. The fourth-order valence-electron chi connectivity index (χ4n) is 2.28. The van der Waals surface area contributed by atoms with Crippen molar-refractivity contribution in [2.24, 2.45) is 5.73 Å². The van der Waals surface area contributed by atoms with E-state index < -0.39 is 12.1 Å². The first-order chi connectivity index (χ1) is 8.59. The Morgan fingerprint density at radius 1 is 1.61 bits per heavy atom. The summed E-state index contributed by atoms with van der Waals surface area (Å²) in [5.74, 6) is -0.0764. The summed E-state index contributed by atoms with van der Waals surface area (Å²) in [5, 5.41) is 0. The molecule has 1 aliphatic heterocycles. The Kier molecular flexibility index (Phi) is 3.55. The standard InChI is InChI=1S/C12H17N3O3/c1-14(7-9-4-6-18-8-9)11(16)10-3-2-5-15(10)12(13)17/h4,6,8,10H,2-3,5,7H2,1H3,(H2,13,17)/t10-/m0/s1. The van der Waals surface area contributed by atoms with Crippen molar-refractivity contribution in [1.29, 1.82) is 0 Å². The summed E-state index contributed by atoms with van der Waals surface area (Å²) in [6.07, 6.45) is 4.67. The highest BCUT2D eigenvalue weighted by atomic mass is 16.3. The highest BCUT2D eigenvalue weighted by molar-refractivity contribution is 5.87. The maximum atomic E-state index is 12.2. The molecule has 2 rings (SSSR count). The Hall–Kier alpha value is -1.98. The molecular formula is C12H17N3O3. The topological polar surface area (TPSA) is 79.8 Å². The maximum Gasteiger partial charge on any atom is 0.315 e. The molecule has 1 aliphatic rings. The number of likely N-dealkylation sites (tertiary alicyclic amines) is 1. The van der Waals surface area contributed by atoms with E-state index in [1.165, 1.54) is 4.90 Å². The van der Waals surface area contributed by atoms with E-state index in [1.807, 2.05) is 6.07 Å². The first-order valence-corrected chi connectivity index (χ1v) is 5.91. The molecule has 2 N–H and O–H groups in total. The zero-order valence-corrected chi connectivity index (χ0v) is 10.3. The molecule has 0 saturated carbocycles. The van der Waals surface area contributed by atoms with Crippen LogP contribution in [0.4, 0.5) is 4.79 Å². The van der Waals surface area contributed by atoms with Crippen molar-refractivity contribution in [2.75, 3.05) is 13.6 Å². The number of primary amides is 1. The summed E-state index contributed by atoms with van der Waals surface area (Å²) in [6.45, 7) is 1.03. The van der Waals surface area contributed by atoms with Gasteiger partial charge in [-0.25, -0.2) is 4.79 Å². The molecule has 1 saturated heterocycles. The van der Waals surface area contributed by atoms with E-state index in [0.717, 1.165) is 12.0 Å². The average Bonchev–Trinajstić information content (AvgIpc) is 2.97. The van der Waals surface area contributed by atoms with Crippen LogP contribution in [0.5, 0.6) is 0 Å². The van der Waals surface area contributed by atoms with Crippen LogP contribution in [-0.4, -0.2) is 41.4 Å². The Bertz CT molecular complexity index is 430. The molecule has 98 valence electrons. The predicted molar refractivity (Wildman–Crippen MR) is 64.5 cm³/mol. The predicted octanol–water partition coefficient (Wildman–Crippen LogP) is 0.781. The fourth-order valence-corrected chi connectivity index (χ4v) is 2.28. The molecule has 1 atom stereocenters.